The molecule has 1 aromatic carbocycles. The highest BCUT2D eigenvalue weighted by Crippen LogP contribution is 2.21. The van der Waals surface area contributed by atoms with Crippen LogP contribution in [0.25, 0.3) is 0 Å². The average Bonchev–Trinajstić information content (AvgIpc) is 2.65. The SMILES string of the molecule is CCCCCCCCCCCCCO[Si](C)(C)c1c(F)c(F)c(F)c(F)c1F. The molecule has 0 radical (unpaired) electrons. The van der Waals surface area contributed by atoms with Crippen LogP contribution in [-0.2, 0) is 4.43 Å². The van der Waals surface area contributed by atoms with Crippen LogP contribution in [0.1, 0.15) is 77.6 Å². The minimum absolute atomic E-state index is 0.260. The first-order valence-corrected chi connectivity index (χ1v) is 13.3. The van der Waals surface area contributed by atoms with Gasteiger partial charge in [-0.15, -0.1) is 0 Å². The Kier molecular flexibility index (Phi) is 11.3. The van der Waals surface area contributed by atoms with Crippen molar-refractivity contribution in [3.8, 4) is 0 Å². The van der Waals surface area contributed by atoms with Gasteiger partial charge in [0, 0.05) is 11.8 Å². The summed E-state index contributed by atoms with van der Waals surface area (Å²) in [4.78, 5) is 0. The van der Waals surface area contributed by atoms with Gasteiger partial charge in [0.05, 0.1) is 0 Å². The summed E-state index contributed by atoms with van der Waals surface area (Å²) < 4.78 is 73.6. The zero-order valence-electron chi connectivity index (χ0n) is 17.3. The first-order valence-electron chi connectivity index (χ1n) is 10.4. The fourth-order valence-electron chi connectivity index (χ4n) is 3.30. The average molecular weight is 425 g/mol. The Hall–Kier alpha value is -0.953. The number of hydrogen-bond donors (Lipinski definition) is 0. The second-order valence-electron chi connectivity index (χ2n) is 7.84. The molecule has 28 heavy (non-hydrogen) atoms. The predicted octanol–water partition coefficient (Wildman–Crippen LogP) is 7.12. The molecule has 0 unspecified atom stereocenters. The van der Waals surface area contributed by atoms with E-state index in [1.165, 1.54) is 58.0 Å². The smallest absolute Gasteiger partial charge is 0.224 e. The first kappa shape index (κ1) is 25.1. The fourth-order valence-corrected chi connectivity index (χ4v) is 5.37. The number of rotatable bonds is 14. The maximum Gasteiger partial charge on any atom is 0.224 e. The fraction of sp³-hybridized carbons (Fsp3) is 0.714. The second-order valence-corrected chi connectivity index (χ2v) is 11.6. The van der Waals surface area contributed by atoms with E-state index in [-0.39, 0.29) is 6.61 Å². The Bertz CT molecular complexity index is 578. The molecule has 0 aliphatic carbocycles. The summed E-state index contributed by atoms with van der Waals surface area (Å²) in [5.41, 5.74) is 0. The van der Waals surface area contributed by atoms with Crippen LogP contribution < -0.4 is 5.19 Å². The molecule has 0 aromatic heterocycles. The number of hydrogen-bond acceptors (Lipinski definition) is 1. The molecular formula is C21H33F5OSi. The molecule has 0 bridgehead atoms. The van der Waals surface area contributed by atoms with Gasteiger partial charge in [0.15, 0.2) is 23.3 Å². The van der Waals surface area contributed by atoms with Gasteiger partial charge >= 0.3 is 0 Å². The summed E-state index contributed by atoms with van der Waals surface area (Å²) in [7, 11) is -3.25. The molecule has 0 aliphatic rings. The van der Waals surface area contributed by atoms with E-state index in [4.69, 9.17) is 4.43 Å². The van der Waals surface area contributed by atoms with Crippen LogP contribution in [0.5, 0.6) is 0 Å². The van der Waals surface area contributed by atoms with Crippen LogP contribution in [0.3, 0.4) is 0 Å². The van der Waals surface area contributed by atoms with Gasteiger partial charge in [0.2, 0.25) is 14.1 Å². The van der Waals surface area contributed by atoms with E-state index in [0.717, 1.165) is 19.3 Å². The molecule has 0 amide bonds. The maximum absolute atomic E-state index is 14.0. The Morgan fingerprint density at radius 2 is 0.929 bits per heavy atom. The minimum Gasteiger partial charge on any atom is -0.413 e. The van der Waals surface area contributed by atoms with Gasteiger partial charge in [-0.25, -0.2) is 22.0 Å². The lowest BCUT2D eigenvalue weighted by molar-refractivity contribution is 0.298. The molecule has 0 saturated carbocycles. The second kappa shape index (κ2) is 12.6. The summed E-state index contributed by atoms with van der Waals surface area (Å²) in [6.07, 6.45) is 12.8. The van der Waals surface area contributed by atoms with Crippen molar-refractivity contribution in [2.45, 2.75) is 90.6 Å². The van der Waals surface area contributed by atoms with Gasteiger partial charge in [-0.3, -0.25) is 0 Å². The largest absolute Gasteiger partial charge is 0.413 e. The first-order chi connectivity index (χ1) is 13.2. The van der Waals surface area contributed by atoms with Crippen LogP contribution in [-0.4, -0.2) is 14.9 Å². The lowest BCUT2D eigenvalue weighted by Crippen LogP contribution is -2.50. The third-order valence-electron chi connectivity index (χ3n) is 5.02. The van der Waals surface area contributed by atoms with Crippen molar-refractivity contribution in [1.82, 2.24) is 0 Å². The molecule has 1 aromatic rings. The van der Waals surface area contributed by atoms with Gasteiger partial charge < -0.3 is 4.43 Å². The molecule has 1 nitrogen and oxygen atoms in total. The third kappa shape index (κ3) is 7.47. The predicted molar refractivity (Wildman–Crippen MR) is 106 cm³/mol. The zero-order chi connectivity index (χ0) is 21.2. The van der Waals surface area contributed by atoms with Crippen molar-refractivity contribution in [2.24, 2.45) is 0 Å². The third-order valence-corrected chi connectivity index (χ3v) is 7.59. The van der Waals surface area contributed by atoms with Gasteiger partial charge in [0.1, 0.15) is 0 Å². The van der Waals surface area contributed by atoms with E-state index >= 15 is 0 Å². The lowest BCUT2D eigenvalue weighted by atomic mass is 10.1. The van der Waals surface area contributed by atoms with Crippen molar-refractivity contribution < 1.29 is 26.4 Å². The van der Waals surface area contributed by atoms with Crippen molar-refractivity contribution >= 4 is 13.5 Å². The quantitative estimate of drug-likeness (QED) is 0.102. The maximum atomic E-state index is 14.0. The highest BCUT2D eigenvalue weighted by atomic mass is 28.4. The van der Waals surface area contributed by atoms with Crippen molar-refractivity contribution in [3.05, 3.63) is 29.1 Å². The standard InChI is InChI=1S/C21H33F5OSi/c1-4-5-6-7-8-9-10-11-12-13-14-15-27-28(2,3)21-19(25)17(23)16(22)18(24)20(21)26/h4-15H2,1-3H3. The monoisotopic (exact) mass is 424 g/mol. The Balaban J connectivity index is 2.32. The summed E-state index contributed by atoms with van der Waals surface area (Å²) in [6, 6.07) is 0. The van der Waals surface area contributed by atoms with Crippen molar-refractivity contribution in [2.75, 3.05) is 6.61 Å². The summed E-state index contributed by atoms with van der Waals surface area (Å²) >= 11 is 0. The normalized spacial score (nSPS) is 12.0. The van der Waals surface area contributed by atoms with E-state index in [1.54, 1.807) is 0 Å². The molecule has 1 rings (SSSR count). The van der Waals surface area contributed by atoms with E-state index in [0.29, 0.717) is 6.42 Å². The van der Waals surface area contributed by atoms with Crippen molar-refractivity contribution in [1.29, 1.82) is 0 Å². The summed E-state index contributed by atoms with van der Waals surface area (Å²) in [5, 5.41) is -0.785. The van der Waals surface area contributed by atoms with E-state index in [2.05, 4.69) is 6.92 Å². The van der Waals surface area contributed by atoms with Crippen molar-refractivity contribution in [3.63, 3.8) is 0 Å². The topological polar surface area (TPSA) is 9.23 Å². The molecule has 0 spiro atoms. The molecule has 0 saturated heterocycles. The zero-order valence-corrected chi connectivity index (χ0v) is 18.3. The highest BCUT2D eigenvalue weighted by molar-refractivity contribution is 6.84. The van der Waals surface area contributed by atoms with Crippen LogP contribution in [0.4, 0.5) is 22.0 Å². The van der Waals surface area contributed by atoms with E-state index in [9.17, 15) is 22.0 Å². The number of benzene rings is 1. The Labute approximate surface area is 166 Å². The highest BCUT2D eigenvalue weighted by Gasteiger charge is 2.37. The van der Waals surface area contributed by atoms with Crippen LogP contribution in [0.2, 0.25) is 13.1 Å². The summed E-state index contributed by atoms with van der Waals surface area (Å²) in [5.74, 6) is -9.49. The number of halogens is 5. The lowest BCUT2D eigenvalue weighted by Gasteiger charge is -2.24. The molecule has 0 heterocycles. The van der Waals surface area contributed by atoms with Gasteiger partial charge in [-0.2, -0.15) is 0 Å². The molecule has 162 valence electrons. The Morgan fingerprint density at radius 1 is 0.571 bits per heavy atom. The molecule has 0 atom stereocenters. The van der Waals surface area contributed by atoms with Gasteiger partial charge in [-0.1, -0.05) is 71.1 Å². The Morgan fingerprint density at radius 3 is 1.36 bits per heavy atom. The molecule has 0 aliphatic heterocycles. The van der Waals surface area contributed by atoms with E-state index < -0.39 is 42.6 Å². The van der Waals surface area contributed by atoms with E-state index in [1.807, 2.05) is 0 Å². The van der Waals surface area contributed by atoms with Gasteiger partial charge in [0.25, 0.3) is 0 Å². The summed E-state index contributed by atoms with van der Waals surface area (Å²) in [6.45, 7) is 5.36. The molecule has 0 fully saturated rings. The molecular weight excluding hydrogens is 391 g/mol. The van der Waals surface area contributed by atoms with Crippen LogP contribution in [0, 0.1) is 29.1 Å². The molecule has 0 N–H and O–H groups in total. The van der Waals surface area contributed by atoms with Gasteiger partial charge in [-0.05, 0) is 19.5 Å². The van der Waals surface area contributed by atoms with Crippen LogP contribution in [0.15, 0.2) is 0 Å². The molecule has 7 heteroatoms. The minimum atomic E-state index is -3.25. The number of unbranched alkanes of at least 4 members (excludes halogenated alkanes) is 10. The van der Waals surface area contributed by atoms with Crippen LogP contribution >= 0.6 is 0 Å².